The first-order valence-electron chi connectivity index (χ1n) is 8.16. The first-order chi connectivity index (χ1) is 12.3. The molecule has 0 aliphatic carbocycles. The number of carbonyl (C=O) groups is 1. The van der Waals surface area contributed by atoms with Crippen LogP contribution in [-0.2, 0) is 11.3 Å². The minimum absolute atomic E-state index is 0.0204. The Bertz CT molecular complexity index is 874. The Kier molecular flexibility index (Phi) is 6.06. The van der Waals surface area contributed by atoms with Crippen molar-refractivity contribution < 1.29 is 9.53 Å². The Balaban J connectivity index is 2.16. The zero-order valence-corrected chi connectivity index (χ0v) is 15.5. The quantitative estimate of drug-likeness (QED) is 0.774. The second-order valence-corrected chi connectivity index (χ2v) is 5.78. The van der Waals surface area contributed by atoms with Gasteiger partial charge >= 0.3 is 0 Å². The highest BCUT2D eigenvalue weighted by Gasteiger charge is 2.18. The molecule has 0 aliphatic rings. The molecular formula is C19H23N5O2. The number of rotatable bonds is 6. The van der Waals surface area contributed by atoms with Crippen LogP contribution in [0.1, 0.15) is 45.8 Å². The highest BCUT2D eigenvalue weighted by atomic mass is 16.5. The molecule has 2 aromatic heterocycles. The van der Waals surface area contributed by atoms with Crippen molar-refractivity contribution in [3.05, 3.63) is 65.1 Å². The summed E-state index contributed by atoms with van der Waals surface area (Å²) >= 11 is 0. The predicted molar refractivity (Wildman–Crippen MR) is 101 cm³/mol. The van der Waals surface area contributed by atoms with Crippen molar-refractivity contribution in [1.82, 2.24) is 20.3 Å². The lowest BCUT2D eigenvalue weighted by Gasteiger charge is -2.12. The Hall–Kier alpha value is -3.22. The molecule has 0 saturated heterocycles. The lowest BCUT2D eigenvalue weighted by Crippen LogP contribution is -2.26. The Morgan fingerprint density at radius 2 is 1.92 bits per heavy atom. The number of nitrogens with one attached hydrogen (secondary N) is 1. The fourth-order valence-electron chi connectivity index (χ4n) is 2.33. The minimum Gasteiger partial charge on any atom is -0.464 e. The number of aryl methyl sites for hydroxylation is 3. The van der Waals surface area contributed by atoms with Crippen molar-refractivity contribution in [1.29, 1.82) is 0 Å². The smallest absolute Gasteiger partial charge is 0.273 e. The number of pyridine rings is 1. The standard InChI is InChI=1S/C19H23N5O2/c1-6-9-26-14(5)16-13(4)23-17(18(20)24-16)19(25)21-10-15-8-7-11(2)22-12(15)3/h6-9H,5,10H2,1-4H3,(H2,20,24)(H,21,25)/b9-6-. The van der Waals surface area contributed by atoms with Crippen LogP contribution in [0.4, 0.5) is 5.82 Å². The van der Waals surface area contributed by atoms with Gasteiger partial charge in [0.15, 0.2) is 11.5 Å². The lowest BCUT2D eigenvalue weighted by molar-refractivity contribution is 0.0946. The SMILES string of the molecule is C=C(O/C=C\C)c1nc(N)c(C(=O)NCc2ccc(C)nc2C)nc1C. The minimum atomic E-state index is -0.399. The van der Waals surface area contributed by atoms with Gasteiger partial charge in [0.25, 0.3) is 5.91 Å². The second-order valence-electron chi connectivity index (χ2n) is 5.78. The van der Waals surface area contributed by atoms with Gasteiger partial charge in [0.05, 0.1) is 12.0 Å². The highest BCUT2D eigenvalue weighted by molar-refractivity contribution is 5.96. The molecule has 136 valence electrons. The number of ether oxygens (including phenoxy) is 1. The molecule has 3 N–H and O–H groups in total. The molecule has 7 nitrogen and oxygen atoms in total. The van der Waals surface area contributed by atoms with Crippen LogP contribution in [0.2, 0.25) is 0 Å². The van der Waals surface area contributed by atoms with Crippen molar-refractivity contribution in [2.24, 2.45) is 0 Å². The van der Waals surface area contributed by atoms with Gasteiger partial charge in [-0.1, -0.05) is 18.7 Å². The first-order valence-corrected chi connectivity index (χ1v) is 8.16. The summed E-state index contributed by atoms with van der Waals surface area (Å²) in [5.41, 5.74) is 9.63. The Morgan fingerprint density at radius 1 is 1.19 bits per heavy atom. The van der Waals surface area contributed by atoms with Gasteiger partial charge in [-0.25, -0.2) is 9.97 Å². The summed E-state index contributed by atoms with van der Waals surface area (Å²) in [7, 11) is 0. The molecule has 7 heteroatoms. The van der Waals surface area contributed by atoms with Crippen molar-refractivity contribution >= 4 is 17.5 Å². The van der Waals surface area contributed by atoms with E-state index >= 15 is 0 Å². The van der Waals surface area contributed by atoms with Crippen LogP contribution in [0.5, 0.6) is 0 Å². The van der Waals surface area contributed by atoms with E-state index in [1.54, 1.807) is 13.0 Å². The number of aromatic nitrogens is 3. The maximum Gasteiger partial charge on any atom is 0.273 e. The fourth-order valence-corrected chi connectivity index (χ4v) is 2.33. The van der Waals surface area contributed by atoms with Crippen molar-refractivity contribution in [3.63, 3.8) is 0 Å². The number of anilines is 1. The van der Waals surface area contributed by atoms with Gasteiger partial charge in [-0.3, -0.25) is 9.78 Å². The van der Waals surface area contributed by atoms with E-state index in [4.69, 9.17) is 10.5 Å². The van der Waals surface area contributed by atoms with Crippen molar-refractivity contribution in [3.8, 4) is 0 Å². The first kappa shape index (κ1) is 19.1. The van der Waals surface area contributed by atoms with E-state index in [-0.39, 0.29) is 11.5 Å². The number of amides is 1. The summed E-state index contributed by atoms with van der Waals surface area (Å²) in [6, 6.07) is 3.84. The average molecular weight is 353 g/mol. The largest absolute Gasteiger partial charge is 0.464 e. The van der Waals surface area contributed by atoms with E-state index < -0.39 is 5.91 Å². The van der Waals surface area contributed by atoms with Gasteiger partial charge < -0.3 is 15.8 Å². The summed E-state index contributed by atoms with van der Waals surface area (Å²) in [6.07, 6.45) is 3.21. The number of carbonyl (C=O) groups excluding carboxylic acids is 1. The molecular weight excluding hydrogens is 330 g/mol. The zero-order valence-electron chi connectivity index (χ0n) is 15.5. The van der Waals surface area contributed by atoms with E-state index in [0.29, 0.717) is 23.7 Å². The summed E-state index contributed by atoms with van der Waals surface area (Å²) in [4.78, 5) is 25.3. The molecule has 0 bridgehead atoms. The van der Waals surface area contributed by atoms with E-state index in [0.717, 1.165) is 17.0 Å². The lowest BCUT2D eigenvalue weighted by atomic mass is 10.2. The van der Waals surface area contributed by atoms with E-state index in [9.17, 15) is 4.79 Å². The number of hydrogen-bond acceptors (Lipinski definition) is 6. The molecule has 0 fully saturated rings. The monoisotopic (exact) mass is 353 g/mol. The van der Waals surface area contributed by atoms with Gasteiger partial charge in [-0.15, -0.1) is 0 Å². The molecule has 0 spiro atoms. The normalized spacial score (nSPS) is 10.8. The third-order valence-corrected chi connectivity index (χ3v) is 3.70. The van der Waals surface area contributed by atoms with Crippen LogP contribution in [0, 0.1) is 20.8 Å². The number of nitrogens with two attached hydrogens (primary N) is 1. The average Bonchev–Trinajstić information content (AvgIpc) is 2.60. The number of nitrogens with zero attached hydrogens (tertiary/aromatic N) is 3. The van der Waals surface area contributed by atoms with Crippen LogP contribution in [0.15, 0.2) is 31.0 Å². The number of hydrogen-bond donors (Lipinski definition) is 2. The number of nitrogen functional groups attached to an aromatic ring is 1. The van der Waals surface area contributed by atoms with Gasteiger partial charge in [0.2, 0.25) is 0 Å². The molecule has 0 aliphatic heterocycles. The van der Waals surface area contributed by atoms with Crippen molar-refractivity contribution in [2.45, 2.75) is 34.2 Å². The van der Waals surface area contributed by atoms with Crippen LogP contribution in [0.3, 0.4) is 0 Å². The molecule has 2 heterocycles. The maximum absolute atomic E-state index is 12.4. The van der Waals surface area contributed by atoms with Crippen LogP contribution < -0.4 is 11.1 Å². The summed E-state index contributed by atoms with van der Waals surface area (Å²) in [5.74, 6) is -0.0650. The predicted octanol–water partition coefficient (Wildman–Crippen LogP) is 2.83. The molecule has 0 saturated carbocycles. The van der Waals surface area contributed by atoms with Crippen molar-refractivity contribution in [2.75, 3.05) is 5.73 Å². The van der Waals surface area contributed by atoms with Crippen LogP contribution in [-0.4, -0.2) is 20.9 Å². The molecule has 0 atom stereocenters. The zero-order chi connectivity index (χ0) is 19.3. The van der Waals surface area contributed by atoms with E-state index in [1.807, 2.05) is 32.9 Å². The topological polar surface area (TPSA) is 103 Å². The third-order valence-electron chi connectivity index (χ3n) is 3.70. The van der Waals surface area contributed by atoms with Crippen LogP contribution in [0.25, 0.3) is 5.76 Å². The fraction of sp³-hybridized carbons (Fsp3) is 0.263. The molecule has 26 heavy (non-hydrogen) atoms. The molecule has 0 unspecified atom stereocenters. The van der Waals surface area contributed by atoms with E-state index in [2.05, 4.69) is 26.8 Å². The van der Waals surface area contributed by atoms with E-state index in [1.165, 1.54) is 6.26 Å². The van der Waals surface area contributed by atoms with Gasteiger partial charge in [0, 0.05) is 17.9 Å². The van der Waals surface area contributed by atoms with Gasteiger partial charge in [0.1, 0.15) is 11.5 Å². The number of allylic oxidation sites excluding steroid dienone is 1. The Labute approximate surface area is 153 Å². The van der Waals surface area contributed by atoms with Gasteiger partial charge in [-0.2, -0.15) is 0 Å². The van der Waals surface area contributed by atoms with Crippen LogP contribution >= 0.6 is 0 Å². The molecule has 1 amide bonds. The third kappa shape index (κ3) is 4.44. The summed E-state index contributed by atoms with van der Waals surface area (Å²) in [6.45, 7) is 11.5. The van der Waals surface area contributed by atoms with Gasteiger partial charge in [-0.05, 0) is 39.3 Å². The molecule has 2 rings (SSSR count). The summed E-state index contributed by atoms with van der Waals surface area (Å²) < 4.78 is 5.30. The Morgan fingerprint density at radius 3 is 2.58 bits per heavy atom. The second kappa shape index (κ2) is 8.24. The summed E-state index contributed by atoms with van der Waals surface area (Å²) in [5, 5.41) is 2.80. The maximum atomic E-state index is 12.4. The highest BCUT2D eigenvalue weighted by Crippen LogP contribution is 2.18. The molecule has 0 aromatic carbocycles. The molecule has 2 aromatic rings. The molecule has 0 radical (unpaired) electrons.